The zero-order chi connectivity index (χ0) is 14.5. The standard InChI is InChI=1S/C12H11N7O2/c20-11(17-12-13-6-14-18-12)5-21-10-3-1-2-9(4-10)19-7-15-16-8-19/h1-4,6-8H,5H2,(H2,13,14,17,18,20). The molecule has 1 amide bonds. The summed E-state index contributed by atoms with van der Waals surface area (Å²) in [5.41, 5.74) is 0.841. The van der Waals surface area contributed by atoms with E-state index in [1.807, 2.05) is 12.1 Å². The maximum absolute atomic E-state index is 11.6. The van der Waals surface area contributed by atoms with Crippen molar-refractivity contribution in [2.75, 3.05) is 11.9 Å². The normalized spacial score (nSPS) is 10.3. The van der Waals surface area contributed by atoms with Gasteiger partial charge in [-0.15, -0.1) is 10.2 Å². The van der Waals surface area contributed by atoms with Crippen molar-refractivity contribution >= 4 is 11.9 Å². The van der Waals surface area contributed by atoms with Gasteiger partial charge >= 0.3 is 0 Å². The lowest BCUT2D eigenvalue weighted by Gasteiger charge is -2.07. The molecule has 0 saturated heterocycles. The van der Waals surface area contributed by atoms with E-state index in [0.29, 0.717) is 5.75 Å². The van der Waals surface area contributed by atoms with Gasteiger partial charge in [-0.2, -0.15) is 10.1 Å². The van der Waals surface area contributed by atoms with Crippen LogP contribution in [0.1, 0.15) is 0 Å². The van der Waals surface area contributed by atoms with E-state index in [1.54, 1.807) is 29.4 Å². The minimum absolute atomic E-state index is 0.133. The Labute approximate surface area is 119 Å². The predicted molar refractivity (Wildman–Crippen MR) is 71.9 cm³/mol. The first-order valence-electron chi connectivity index (χ1n) is 6.04. The first-order chi connectivity index (χ1) is 10.3. The van der Waals surface area contributed by atoms with E-state index < -0.39 is 0 Å². The number of amides is 1. The molecule has 3 rings (SSSR count). The molecular formula is C12H11N7O2. The Balaban J connectivity index is 1.60. The van der Waals surface area contributed by atoms with Crippen LogP contribution in [0.3, 0.4) is 0 Å². The number of hydrogen-bond donors (Lipinski definition) is 2. The maximum Gasteiger partial charge on any atom is 0.264 e. The Kier molecular flexibility index (Phi) is 3.54. The molecule has 0 spiro atoms. The third-order valence-electron chi connectivity index (χ3n) is 2.58. The van der Waals surface area contributed by atoms with Gasteiger partial charge in [0, 0.05) is 6.07 Å². The molecule has 0 aliphatic heterocycles. The van der Waals surface area contributed by atoms with Gasteiger partial charge < -0.3 is 4.74 Å². The summed E-state index contributed by atoms with van der Waals surface area (Å²) in [6.45, 7) is -0.133. The van der Waals surface area contributed by atoms with E-state index in [2.05, 4.69) is 30.7 Å². The number of hydrogen-bond acceptors (Lipinski definition) is 6. The van der Waals surface area contributed by atoms with E-state index in [0.717, 1.165) is 5.69 Å². The number of H-pyrrole nitrogens is 1. The summed E-state index contributed by atoms with van der Waals surface area (Å²) in [7, 11) is 0. The highest BCUT2D eigenvalue weighted by Gasteiger charge is 2.06. The number of ether oxygens (including phenoxy) is 1. The molecule has 2 N–H and O–H groups in total. The highest BCUT2D eigenvalue weighted by atomic mass is 16.5. The molecule has 0 atom stereocenters. The number of benzene rings is 1. The molecule has 9 nitrogen and oxygen atoms in total. The highest BCUT2D eigenvalue weighted by Crippen LogP contribution is 2.16. The Morgan fingerprint density at radius 2 is 2.19 bits per heavy atom. The summed E-state index contributed by atoms with van der Waals surface area (Å²) in [5, 5.41) is 16.1. The van der Waals surface area contributed by atoms with Gasteiger partial charge in [0.15, 0.2) is 6.61 Å². The van der Waals surface area contributed by atoms with Crippen molar-refractivity contribution in [2.45, 2.75) is 0 Å². The number of aromatic amines is 1. The Morgan fingerprint density at radius 1 is 1.33 bits per heavy atom. The monoisotopic (exact) mass is 285 g/mol. The molecule has 9 heteroatoms. The molecule has 2 aromatic heterocycles. The predicted octanol–water partition coefficient (Wildman–Crippen LogP) is 0.403. The van der Waals surface area contributed by atoms with Crippen molar-refractivity contribution in [3.63, 3.8) is 0 Å². The first-order valence-corrected chi connectivity index (χ1v) is 6.04. The van der Waals surface area contributed by atoms with Crippen molar-refractivity contribution < 1.29 is 9.53 Å². The summed E-state index contributed by atoms with van der Waals surface area (Å²) in [6.07, 6.45) is 4.46. The van der Waals surface area contributed by atoms with Gasteiger partial charge in [0.1, 0.15) is 24.7 Å². The summed E-state index contributed by atoms with van der Waals surface area (Å²) in [4.78, 5) is 15.4. The number of rotatable bonds is 5. The second kappa shape index (κ2) is 5.82. The largest absolute Gasteiger partial charge is 0.484 e. The fourth-order valence-corrected chi connectivity index (χ4v) is 1.65. The molecule has 0 radical (unpaired) electrons. The van der Waals surface area contributed by atoms with Gasteiger partial charge in [-0.25, -0.2) is 5.10 Å². The maximum atomic E-state index is 11.6. The molecular weight excluding hydrogens is 274 g/mol. The number of nitrogens with zero attached hydrogens (tertiary/aromatic N) is 5. The number of carbonyl (C=O) groups excluding carboxylic acids is 1. The Hall–Kier alpha value is -3.23. The van der Waals surface area contributed by atoms with Gasteiger partial charge in [0.2, 0.25) is 5.95 Å². The summed E-state index contributed by atoms with van der Waals surface area (Å²) in [5.74, 6) is 0.511. The third kappa shape index (κ3) is 3.21. The fraction of sp³-hybridized carbons (Fsp3) is 0.0833. The Bertz CT molecular complexity index is 709. The molecule has 0 fully saturated rings. The van der Waals surface area contributed by atoms with Crippen LogP contribution in [-0.4, -0.2) is 42.5 Å². The molecule has 0 aliphatic rings. The molecule has 0 aliphatic carbocycles. The van der Waals surface area contributed by atoms with Crippen molar-refractivity contribution in [3.05, 3.63) is 43.2 Å². The van der Waals surface area contributed by atoms with Gasteiger partial charge in [0.25, 0.3) is 5.91 Å². The van der Waals surface area contributed by atoms with Crippen LogP contribution in [0.2, 0.25) is 0 Å². The van der Waals surface area contributed by atoms with Gasteiger partial charge in [-0.1, -0.05) is 6.07 Å². The third-order valence-corrected chi connectivity index (χ3v) is 2.58. The zero-order valence-corrected chi connectivity index (χ0v) is 10.8. The van der Waals surface area contributed by atoms with Crippen LogP contribution < -0.4 is 10.1 Å². The quantitative estimate of drug-likeness (QED) is 0.702. The molecule has 2 heterocycles. The number of aromatic nitrogens is 6. The summed E-state index contributed by atoms with van der Waals surface area (Å²) >= 11 is 0. The lowest BCUT2D eigenvalue weighted by Crippen LogP contribution is -2.20. The van der Waals surface area contributed by atoms with Crippen LogP contribution in [0.4, 0.5) is 5.95 Å². The topological polar surface area (TPSA) is 111 Å². The molecule has 1 aromatic carbocycles. The van der Waals surface area contributed by atoms with E-state index in [-0.39, 0.29) is 18.5 Å². The summed E-state index contributed by atoms with van der Waals surface area (Å²) in [6, 6.07) is 7.24. The SMILES string of the molecule is O=C(COc1cccc(-n2cnnc2)c1)Nc1ncn[nH]1. The van der Waals surface area contributed by atoms with Crippen LogP contribution in [0, 0.1) is 0 Å². The number of anilines is 1. The average Bonchev–Trinajstić information content (AvgIpc) is 3.19. The lowest BCUT2D eigenvalue weighted by atomic mass is 10.3. The smallest absolute Gasteiger partial charge is 0.264 e. The van der Waals surface area contributed by atoms with Crippen LogP contribution in [0.25, 0.3) is 5.69 Å². The second-order valence-electron chi connectivity index (χ2n) is 4.04. The fourth-order valence-electron chi connectivity index (χ4n) is 1.65. The van der Waals surface area contributed by atoms with Gasteiger partial charge in [-0.05, 0) is 12.1 Å². The number of carbonyl (C=O) groups is 1. The van der Waals surface area contributed by atoms with Crippen LogP contribution in [-0.2, 0) is 4.79 Å². The second-order valence-corrected chi connectivity index (χ2v) is 4.04. The van der Waals surface area contributed by atoms with Crippen molar-refractivity contribution in [3.8, 4) is 11.4 Å². The zero-order valence-electron chi connectivity index (χ0n) is 10.8. The minimum atomic E-state index is -0.332. The van der Waals surface area contributed by atoms with Crippen molar-refractivity contribution in [2.24, 2.45) is 0 Å². The van der Waals surface area contributed by atoms with E-state index in [1.165, 1.54) is 6.33 Å². The highest BCUT2D eigenvalue weighted by molar-refractivity contribution is 5.90. The van der Waals surface area contributed by atoms with Gasteiger partial charge in [-0.3, -0.25) is 14.7 Å². The van der Waals surface area contributed by atoms with Crippen LogP contribution >= 0.6 is 0 Å². The van der Waals surface area contributed by atoms with E-state index >= 15 is 0 Å². The van der Waals surface area contributed by atoms with Crippen molar-refractivity contribution in [1.82, 2.24) is 29.9 Å². The lowest BCUT2D eigenvalue weighted by molar-refractivity contribution is -0.118. The molecule has 21 heavy (non-hydrogen) atoms. The average molecular weight is 285 g/mol. The van der Waals surface area contributed by atoms with Crippen molar-refractivity contribution in [1.29, 1.82) is 0 Å². The van der Waals surface area contributed by atoms with Crippen LogP contribution in [0.15, 0.2) is 43.2 Å². The van der Waals surface area contributed by atoms with Gasteiger partial charge in [0.05, 0.1) is 5.69 Å². The summed E-state index contributed by atoms with van der Waals surface area (Å²) < 4.78 is 7.16. The van der Waals surface area contributed by atoms with E-state index in [4.69, 9.17) is 4.74 Å². The molecule has 0 bridgehead atoms. The first kappa shape index (κ1) is 12.8. The number of nitrogens with one attached hydrogen (secondary N) is 2. The molecule has 0 unspecified atom stereocenters. The molecule has 106 valence electrons. The Morgan fingerprint density at radius 3 is 2.95 bits per heavy atom. The molecule has 3 aromatic rings. The van der Waals surface area contributed by atoms with Crippen LogP contribution in [0.5, 0.6) is 5.75 Å². The molecule has 0 saturated carbocycles. The minimum Gasteiger partial charge on any atom is -0.484 e. The van der Waals surface area contributed by atoms with E-state index in [9.17, 15) is 4.79 Å².